The highest BCUT2D eigenvalue weighted by Crippen LogP contribution is 2.23. The summed E-state index contributed by atoms with van der Waals surface area (Å²) in [6.45, 7) is 1.38. The molecule has 0 spiro atoms. The number of rotatable bonds is 5. The van der Waals surface area contributed by atoms with Gasteiger partial charge in [0.15, 0.2) is 6.10 Å². The maximum Gasteiger partial charge on any atom is 0.338 e. The molecule has 1 heterocycles. The molecule has 0 unspecified atom stereocenters. The number of halogens is 1. The van der Waals surface area contributed by atoms with Crippen LogP contribution in [0.15, 0.2) is 35.7 Å². The molecule has 0 saturated carbocycles. The lowest BCUT2D eigenvalue weighted by Gasteiger charge is -2.13. The van der Waals surface area contributed by atoms with Crippen molar-refractivity contribution in [2.75, 3.05) is 5.32 Å². The van der Waals surface area contributed by atoms with Crippen LogP contribution in [0.4, 0.5) is 9.39 Å². The summed E-state index contributed by atoms with van der Waals surface area (Å²) < 4.78 is 17.8. The van der Waals surface area contributed by atoms with Crippen LogP contribution in [0.2, 0.25) is 0 Å². The Morgan fingerprint density at radius 1 is 1.22 bits per heavy atom. The van der Waals surface area contributed by atoms with Crippen molar-refractivity contribution >= 4 is 34.1 Å². The fraction of sp³-hybridized carbons (Fsp3) is 0.133. The van der Waals surface area contributed by atoms with Crippen molar-refractivity contribution in [1.29, 1.82) is 0 Å². The number of thiophene rings is 1. The van der Waals surface area contributed by atoms with Gasteiger partial charge in [-0.05, 0) is 42.6 Å². The van der Waals surface area contributed by atoms with Gasteiger partial charge < -0.3 is 15.8 Å². The van der Waals surface area contributed by atoms with E-state index in [-0.39, 0.29) is 16.1 Å². The van der Waals surface area contributed by atoms with Crippen LogP contribution in [-0.2, 0) is 9.53 Å². The number of anilines is 1. The third-order valence-corrected chi connectivity index (χ3v) is 3.73. The molecule has 6 nitrogen and oxygen atoms in total. The number of benzene rings is 1. The Morgan fingerprint density at radius 2 is 1.87 bits per heavy atom. The fourth-order valence-electron chi connectivity index (χ4n) is 1.68. The second kappa shape index (κ2) is 7.01. The minimum Gasteiger partial charge on any atom is -0.449 e. The molecule has 120 valence electrons. The van der Waals surface area contributed by atoms with Crippen molar-refractivity contribution in [1.82, 2.24) is 0 Å². The van der Waals surface area contributed by atoms with E-state index >= 15 is 0 Å². The summed E-state index contributed by atoms with van der Waals surface area (Å²) in [4.78, 5) is 35.1. The van der Waals surface area contributed by atoms with Crippen molar-refractivity contribution in [3.05, 3.63) is 52.7 Å². The third-order valence-electron chi connectivity index (χ3n) is 2.90. The molecule has 0 saturated heterocycles. The average Bonchev–Trinajstić information content (AvgIpc) is 2.96. The van der Waals surface area contributed by atoms with Crippen molar-refractivity contribution in [2.45, 2.75) is 13.0 Å². The molecule has 1 aromatic heterocycles. The van der Waals surface area contributed by atoms with Crippen LogP contribution in [0.3, 0.4) is 0 Å². The molecular weight excluding hydrogens is 323 g/mol. The number of hydrogen-bond donors (Lipinski definition) is 2. The molecule has 0 bridgehead atoms. The number of hydrogen-bond acceptors (Lipinski definition) is 5. The van der Waals surface area contributed by atoms with Gasteiger partial charge in [0.2, 0.25) is 0 Å². The van der Waals surface area contributed by atoms with Crippen LogP contribution in [0.25, 0.3) is 0 Å². The van der Waals surface area contributed by atoms with Gasteiger partial charge in [-0.15, -0.1) is 11.3 Å². The van der Waals surface area contributed by atoms with Crippen LogP contribution < -0.4 is 11.1 Å². The lowest BCUT2D eigenvalue weighted by atomic mass is 10.2. The van der Waals surface area contributed by atoms with Crippen molar-refractivity contribution in [3.63, 3.8) is 0 Å². The number of esters is 1. The summed E-state index contributed by atoms with van der Waals surface area (Å²) in [6, 6.07) is 6.23. The highest BCUT2D eigenvalue weighted by Gasteiger charge is 2.21. The van der Waals surface area contributed by atoms with Gasteiger partial charge in [-0.2, -0.15) is 0 Å². The molecule has 0 fully saturated rings. The standard InChI is InChI=1S/C15H13FN2O4S/c1-8(22-15(21)9-2-4-10(16)5-3-9)13(20)18-14-11(12(17)19)6-7-23-14/h2-8H,1H3,(H2,17,19)(H,18,20)/t8-/m1/s1. The predicted octanol–water partition coefficient (Wildman–Crippen LogP) is 2.17. The zero-order valence-electron chi connectivity index (χ0n) is 12.0. The van der Waals surface area contributed by atoms with Gasteiger partial charge in [-0.1, -0.05) is 0 Å². The molecule has 2 aromatic rings. The summed E-state index contributed by atoms with van der Waals surface area (Å²) in [7, 11) is 0. The van der Waals surface area contributed by atoms with Crippen LogP contribution >= 0.6 is 11.3 Å². The lowest BCUT2D eigenvalue weighted by Crippen LogP contribution is -2.30. The first kappa shape index (κ1) is 16.6. The Balaban J connectivity index is 1.99. The number of nitrogens with one attached hydrogen (secondary N) is 1. The second-order valence-corrected chi connectivity index (χ2v) is 5.49. The van der Waals surface area contributed by atoms with E-state index in [1.54, 1.807) is 5.38 Å². The molecule has 1 aromatic carbocycles. The summed E-state index contributed by atoms with van der Waals surface area (Å²) in [5.41, 5.74) is 5.49. The minimum atomic E-state index is -1.10. The average molecular weight is 336 g/mol. The maximum absolute atomic E-state index is 12.8. The van der Waals surface area contributed by atoms with Crippen LogP contribution in [0.1, 0.15) is 27.6 Å². The Bertz CT molecular complexity index is 742. The Labute approximate surface area is 135 Å². The number of nitrogens with two attached hydrogens (primary N) is 1. The maximum atomic E-state index is 12.8. The molecule has 23 heavy (non-hydrogen) atoms. The Morgan fingerprint density at radius 3 is 2.48 bits per heavy atom. The van der Waals surface area contributed by atoms with E-state index in [0.29, 0.717) is 0 Å². The predicted molar refractivity (Wildman–Crippen MR) is 82.7 cm³/mol. The topological polar surface area (TPSA) is 98.5 Å². The summed E-state index contributed by atoms with van der Waals surface area (Å²) in [5, 5.41) is 4.37. The molecule has 8 heteroatoms. The monoisotopic (exact) mass is 336 g/mol. The summed E-state index contributed by atoms with van der Waals surface area (Å²) in [6.07, 6.45) is -1.10. The van der Waals surface area contributed by atoms with Crippen molar-refractivity contribution < 1.29 is 23.5 Å². The quantitative estimate of drug-likeness (QED) is 0.818. The number of carbonyl (C=O) groups excluding carboxylic acids is 3. The van der Waals surface area contributed by atoms with E-state index < -0.39 is 29.7 Å². The smallest absolute Gasteiger partial charge is 0.338 e. The lowest BCUT2D eigenvalue weighted by molar-refractivity contribution is -0.123. The first-order valence-corrected chi connectivity index (χ1v) is 7.41. The van der Waals surface area contributed by atoms with Crippen LogP contribution in [0, 0.1) is 5.82 Å². The molecular formula is C15H13FN2O4S. The van der Waals surface area contributed by atoms with E-state index in [0.717, 1.165) is 23.5 Å². The van der Waals surface area contributed by atoms with Gasteiger partial charge in [-0.3, -0.25) is 9.59 Å². The zero-order valence-corrected chi connectivity index (χ0v) is 12.9. The van der Waals surface area contributed by atoms with Crippen molar-refractivity contribution in [3.8, 4) is 0 Å². The Hall–Kier alpha value is -2.74. The molecule has 0 radical (unpaired) electrons. The SMILES string of the molecule is C[C@@H](OC(=O)c1ccc(F)cc1)C(=O)Nc1sccc1C(N)=O. The number of carbonyl (C=O) groups is 3. The fourth-order valence-corrected chi connectivity index (χ4v) is 2.48. The molecule has 3 N–H and O–H groups in total. The minimum absolute atomic E-state index is 0.125. The van der Waals surface area contributed by atoms with Gasteiger partial charge in [0, 0.05) is 0 Å². The van der Waals surface area contributed by atoms with Gasteiger partial charge in [0.1, 0.15) is 10.8 Å². The second-order valence-electron chi connectivity index (χ2n) is 4.57. The number of amides is 2. The van der Waals surface area contributed by atoms with Gasteiger partial charge in [0.25, 0.3) is 11.8 Å². The number of ether oxygens (including phenoxy) is 1. The van der Waals surface area contributed by atoms with Gasteiger partial charge >= 0.3 is 5.97 Å². The van der Waals surface area contributed by atoms with Crippen LogP contribution in [0.5, 0.6) is 0 Å². The Kier molecular flexibility index (Phi) is 5.07. The van der Waals surface area contributed by atoms with Crippen LogP contribution in [-0.4, -0.2) is 23.9 Å². The van der Waals surface area contributed by atoms with Crippen molar-refractivity contribution in [2.24, 2.45) is 5.73 Å². The summed E-state index contributed by atoms with van der Waals surface area (Å²) in [5.74, 6) is -2.51. The normalized spacial score (nSPS) is 11.6. The molecule has 2 amide bonds. The first-order chi connectivity index (χ1) is 10.9. The van der Waals surface area contributed by atoms with Gasteiger partial charge in [-0.25, -0.2) is 9.18 Å². The largest absolute Gasteiger partial charge is 0.449 e. The van der Waals surface area contributed by atoms with E-state index in [1.807, 2.05) is 0 Å². The van der Waals surface area contributed by atoms with Gasteiger partial charge in [0.05, 0.1) is 11.1 Å². The molecule has 0 aliphatic heterocycles. The summed E-state index contributed by atoms with van der Waals surface area (Å²) >= 11 is 1.13. The van der Waals surface area contributed by atoms with E-state index in [9.17, 15) is 18.8 Å². The first-order valence-electron chi connectivity index (χ1n) is 6.53. The van der Waals surface area contributed by atoms with E-state index in [4.69, 9.17) is 10.5 Å². The van der Waals surface area contributed by atoms with E-state index in [1.165, 1.54) is 25.1 Å². The zero-order chi connectivity index (χ0) is 17.0. The molecule has 1 atom stereocenters. The molecule has 2 rings (SSSR count). The molecule has 0 aliphatic carbocycles. The highest BCUT2D eigenvalue weighted by atomic mass is 32.1. The highest BCUT2D eigenvalue weighted by molar-refractivity contribution is 7.14. The number of primary amides is 1. The molecule has 0 aliphatic rings. The van der Waals surface area contributed by atoms with E-state index in [2.05, 4.69) is 5.32 Å². The third kappa shape index (κ3) is 4.13.